The maximum atomic E-state index is 12.8. The average Bonchev–Trinajstić information content (AvgIpc) is 3.35. The SMILES string of the molecule is Cc1ccc(N(C)C(=O)CC(=O)N(C)c2ccc(C3OC4C(O)OC5COC(C)OC5C4O3)cc2)cc1. The van der Waals surface area contributed by atoms with Gasteiger partial charge in [0.1, 0.15) is 30.8 Å². The summed E-state index contributed by atoms with van der Waals surface area (Å²) in [4.78, 5) is 28.4. The molecule has 1 N–H and O–H groups in total. The molecule has 0 aliphatic carbocycles. The van der Waals surface area contributed by atoms with Gasteiger partial charge in [-0.3, -0.25) is 9.59 Å². The van der Waals surface area contributed by atoms with Gasteiger partial charge in [0.15, 0.2) is 18.9 Å². The molecule has 3 saturated heterocycles. The lowest BCUT2D eigenvalue weighted by Crippen LogP contribution is -2.61. The molecule has 7 unspecified atom stereocenters. The first-order valence-electron chi connectivity index (χ1n) is 12.3. The summed E-state index contributed by atoms with van der Waals surface area (Å²) in [5.41, 5.74) is 3.17. The van der Waals surface area contributed by atoms with Gasteiger partial charge in [-0.2, -0.15) is 0 Å². The molecule has 3 aliphatic heterocycles. The molecule has 0 bridgehead atoms. The van der Waals surface area contributed by atoms with Crippen molar-refractivity contribution in [2.24, 2.45) is 0 Å². The summed E-state index contributed by atoms with van der Waals surface area (Å²) in [6.45, 7) is 4.08. The van der Waals surface area contributed by atoms with Gasteiger partial charge in [-0.15, -0.1) is 0 Å². The largest absolute Gasteiger partial charge is 0.366 e. The lowest BCUT2D eigenvalue weighted by molar-refractivity contribution is -0.333. The van der Waals surface area contributed by atoms with Crippen molar-refractivity contribution >= 4 is 23.2 Å². The second kappa shape index (κ2) is 10.5. The minimum atomic E-state index is -1.16. The Balaban J connectivity index is 1.21. The van der Waals surface area contributed by atoms with E-state index >= 15 is 0 Å². The summed E-state index contributed by atoms with van der Waals surface area (Å²) < 4.78 is 29.1. The fourth-order valence-corrected chi connectivity index (χ4v) is 4.74. The highest BCUT2D eigenvalue weighted by molar-refractivity contribution is 6.09. The quantitative estimate of drug-likeness (QED) is 0.609. The predicted octanol–water partition coefficient (Wildman–Crippen LogP) is 2.27. The standard InChI is InChI=1S/C27H32N2O8/c1-15-5-9-18(10-6-15)28(3)21(30)13-22(31)29(4)19-11-7-17(8-12-19)27-36-24-23-20(14-33-16(2)34-23)35-26(32)25(24)37-27/h5-12,16,20,23-27,32H,13-14H2,1-4H3. The summed E-state index contributed by atoms with van der Waals surface area (Å²) in [6, 6.07) is 14.7. The van der Waals surface area contributed by atoms with Crippen LogP contribution in [0.5, 0.6) is 0 Å². The summed E-state index contributed by atoms with van der Waals surface area (Å²) in [5.74, 6) is -0.621. The Hall–Kier alpha value is -2.86. The van der Waals surface area contributed by atoms with Gasteiger partial charge in [0.2, 0.25) is 11.8 Å². The Morgan fingerprint density at radius 2 is 1.41 bits per heavy atom. The number of aryl methyl sites for hydroxylation is 1. The molecule has 2 aromatic rings. The lowest BCUT2D eigenvalue weighted by atomic mass is 9.98. The molecule has 3 heterocycles. The zero-order valence-electron chi connectivity index (χ0n) is 21.3. The number of fused-ring (bicyclic) bond motifs is 3. The van der Waals surface area contributed by atoms with Crippen LogP contribution in [0.4, 0.5) is 11.4 Å². The number of carbonyl (C=O) groups is 2. The number of amides is 2. The van der Waals surface area contributed by atoms with Crippen molar-refractivity contribution in [2.45, 2.75) is 63.6 Å². The maximum absolute atomic E-state index is 12.8. The number of nitrogens with zero attached hydrogens (tertiary/aromatic N) is 2. The third-order valence-electron chi connectivity index (χ3n) is 7.04. The number of anilines is 2. The molecule has 7 atom stereocenters. The number of ether oxygens (including phenoxy) is 5. The van der Waals surface area contributed by atoms with Gasteiger partial charge < -0.3 is 38.6 Å². The van der Waals surface area contributed by atoms with Crippen LogP contribution >= 0.6 is 0 Å². The first-order chi connectivity index (χ1) is 17.7. The molecule has 2 aromatic carbocycles. The van der Waals surface area contributed by atoms with Crippen LogP contribution in [0.2, 0.25) is 0 Å². The molecule has 10 nitrogen and oxygen atoms in total. The number of aliphatic hydroxyl groups excluding tert-OH is 1. The highest BCUT2D eigenvalue weighted by atomic mass is 16.8. The van der Waals surface area contributed by atoms with E-state index < -0.39 is 43.3 Å². The van der Waals surface area contributed by atoms with Gasteiger partial charge >= 0.3 is 0 Å². The predicted molar refractivity (Wildman–Crippen MR) is 133 cm³/mol. The fourth-order valence-electron chi connectivity index (χ4n) is 4.74. The van der Waals surface area contributed by atoms with Gasteiger partial charge in [0, 0.05) is 31.0 Å². The van der Waals surface area contributed by atoms with Crippen LogP contribution in [0, 0.1) is 6.92 Å². The molecule has 3 aliphatic rings. The zero-order valence-corrected chi connectivity index (χ0v) is 21.3. The van der Waals surface area contributed by atoms with Crippen LogP contribution in [0.15, 0.2) is 48.5 Å². The van der Waals surface area contributed by atoms with Crippen LogP contribution < -0.4 is 9.80 Å². The van der Waals surface area contributed by atoms with Crippen LogP contribution in [0.3, 0.4) is 0 Å². The van der Waals surface area contributed by atoms with Crippen LogP contribution in [0.25, 0.3) is 0 Å². The van der Waals surface area contributed by atoms with E-state index in [1.165, 1.54) is 9.80 Å². The summed E-state index contributed by atoms with van der Waals surface area (Å²) in [6.07, 6.45) is -4.61. The maximum Gasteiger partial charge on any atom is 0.236 e. The molecule has 5 rings (SSSR count). The van der Waals surface area contributed by atoms with Crippen LogP contribution in [0.1, 0.15) is 30.8 Å². The fraction of sp³-hybridized carbons (Fsp3) is 0.481. The van der Waals surface area contributed by atoms with Gasteiger partial charge in [0.25, 0.3) is 0 Å². The molecule has 0 saturated carbocycles. The summed E-state index contributed by atoms with van der Waals surface area (Å²) in [7, 11) is 3.29. The number of hydrogen-bond donors (Lipinski definition) is 1. The van der Waals surface area contributed by atoms with E-state index in [0.29, 0.717) is 12.3 Å². The molecule has 37 heavy (non-hydrogen) atoms. The minimum absolute atomic E-state index is 0.261. The summed E-state index contributed by atoms with van der Waals surface area (Å²) >= 11 is 0. The molecular weight excluding hydrogens is 480 g/mol. The topological polar surface area (TPSA) is 107 Å². The Bertz CT molecular complexity index is 1120. The van der Waals surface area contributed by atoms with E-state index in [-0.39, 0.29) is 18.2 Å². The van der Waals surface area contributed by atoms with Crippen molar-refractivity contribution in [3.63, 3.8) is 0 Å². The third-order valence-corrected chi connectivity index (χ3v) is 7.04. The molecule has 198 valence electrons. The first-order valence-corrected chi connectivity index (χ1v) is 12.3. The Morgan fingerprint density at radius 1 is 0.838 bits per heavy atom. The van der Waals surface area contributed by atoms with Crippen molar-refractivity contribution in [1.29, 1.82) is 0 Å². The Labute approximate surface area is 215 Å². The van der Waals surface area contributed by atoms with Crippen molar-refractivity contribution < 1.29 is 38.4 Å². The van der Waals surface area contributed by atoms with Crippen molar-refractivity contribution in [3.8, 4) is 0 Å². The van der Waals surface area contributed by atoms with E-state index in [4.69, 9.17) is 23.7 Å². The molecule has 10 heteroatoms. The van der Waals surface area contributed by atoms with E-state index in [1.807, 2.05) is 31.2 Å². The Kier molecular flexibility index (Phi) is 7.30. The average molecular weight is 513 g/mol. The molecule has 2 amide bonds. The van der Waals surface area contributed by atoms with Crippen molar-refractivity contribution in [3.05, 3.63) is 59.7 Å². The van der Waals surface area contributed by atoms with Crippen molar-refractivity contribution in [2.75, 3.05) is 30.5 Å². The van der Waals surface area contributed by atoms with Gasteiger partial charge in [-0.05, 0) is 38.1 Å². The van der Waals surface area contributed by atoms with E-state index in [0.717, 1.165) is 16.8 Å². The number of carbonyl (C=O) groups excluding carboxylic acids is 2. The number of aliphatic hydroxyl groups is 1. The highest BCUT2D eigenvalue weighted by Crippen LogP contribution is 2.41. The number of benzene rings is 2. The second-order valence-electron chi connectivity index (χ2n) is 9.61. The second-order valence-corrected chi connectivity index (χ2v) is 9.61. The van der Waals surface area contributed by atoms with Crippen LogP contribution in [-0.4, -0.2) is 74.6 Å². The zero-order chi connectivity index (χ0) is 26.3. The third kappa shape index (κ3) is 5.26. The smallest absolute Gasteiger partial charge is 0.236 e. The number of rotatable bonds is 5. The number of hydrogen-bond acceptors (Lipinski definition) is 8. The Morgan fingerprint density at radius 3 is 2.03 bits per heavy atom. The highest BCUT2D eigenvalue weighted by Gasteiger charge is 2.55. The molecule has 0 spiro atoms. The van der Waals surface area contributed by atoms with E-state index in [2.05, 4.69) is 0 Å². The van der Waals surface area contributed by atoms with E-state index in [9.17, 15) is 14.7 Å². The minimum Gasteiger partial charge on any atom is -0.366 e. The normalized spacial score (nSPS) is 30.8. The lowest BCUT2D eigenvalue weighted by Gasteiger charge is -2.44. The van der Waals surface area contributed by atoms with Crippen LogP contribution in [-0.2, 0) is 33.3 Å². The van der Waals surface area contributed by atoms with Gasteiger partial charge in [0.05, 0.1) is 6.61 Å². The molecule has 0 aromatic heterocycles. The van der Waals surface area contributed by atoms with E-state index in [1.54, 1.807) is 45.3 Å². The molecule has 0 radical (unpaired) electrons. The van der Waals surface area contributed by atoms with Crippen molar-refractivity contribution in [1.82, 2.24) is 0 Å². The van der Waals surface area contributed by atoms with Gasteiger partial charge in [-0.25, -0.2) is 0 Å². The molecule has 3 fully saturated rings. The monoisotopic (exact) mass is 512 g/mol. The molecular formula is C27H32N2O8. The first kappa shape index (κ1) is 25.8. The summed E-state index contributed by atoms with van der Waals surface area (Å²) in [5, 5.41) is 10.4. The van der Waals surface area contributed by atoms with Gasteiger partial charge in [-0.1, -0.05) is 29.8 Å².